The molecule has 0 aromatic heterocycles. The van der Waals surface area contributed by atoms with Crippen molar-refractivity contribution in [1.82, 2.24) is 10.2 Å². The molecule has 3 nitrogen and oxygen atoms in total. The Morgan fingerprint density at radius 1 is 1.54 bits per heavy atom. The van der Waals surface area contributed by atoms with Crippen molar-refractivity contribution in [2.24, 2.45) is 0 Å². The van der Waals surface area contributed by atoms with Crippen molar-refractivity contribution in [2.45, 2.75) is 58.8 Å². The van der Waals surface area contributed by atoms with E-state index in [0.29, 0.717) is 6.04 Å². The molecule has 1 aliphatic rings. The molecule has 0 radical (unpaired) electrons. The van der Waals surface area contributed by atoms with Gasteiger partial charge in [-0.2, -0.15) is 0 Å². The van der Waals surface area contributed by atoms with Crippen LogP contribution in [0, 0.1) is 0 Å². The third-order valence-electron chi connectivity index (χ3n) is 2.86. The summed E-state index contributed by atoms with van der Waals surface area (Å²) < 4.78 is 0. The van der Waals surface area contributed by atoms with Crippen LogP contribution in [0.5, 0.6) is 0 Å². The van der Waals surface area contributed by atoms with Gasteiger partial charge in [0.25, 0.3) is 0 Å². The van der Waals surface area contributed by atoms with Gasteiger partial charge in [-0.15, -0.1) is 0 Å². The number of hydrogen-bond donors (Lipinski definition) is 1. The van der Waals surface area contributed by atoms with E-state index in [1.54, 1.807) is 0 Å². The number of carbonyl (C=O) groups is 1. The van der Waals surface area contributed by atoms with Gasteiger partial charge in [-0.1, -0.05) is 13.8 Å². The van der Waals surface area contributed by atoms with E-state index in [2.05, 4.69) is 26.1 Å². The number of nitrogens with zero attached hydrogens (tertiary/aromatic N) is 1. The van der Waals surface area contributed by atoms with E-state index in [4.69, 9.17) is 0 Å². The average molecular weight is 184 g/mol. The molecule has 3 heteroatoms. The summed E-state index contributed by atoms with van der Waals surface area (Å²) in [5.74, 6) is 0.251. The number of amides is 1. The number of hydrogen-bond acceptors (Lipinski definition) is 2. The molecule has 1 N–H and O–H groups in total. The Labute approximate surface area is 80.5 Å². The van der Waals surface area contributed by atoms with Gasteiger partial charge in [0, 0.05) is 6.04 Å². The van der Waals surface area contributed by atoms with Gasteiger partial charge >= 0.3 is 0 Å². The van der Waals surface area contributed by atoms with Crippen LogP contribution in [0.4, 0.5) is 0 Å². The SMILES string of the molecule is CCC(C)N1C(=O)C(C)NC1CC. The van der Waals surface area contributed by atoms with Crippen molar-refractivity contribution in [3.63, 3.8) is 0 Å². The zero-order chi connectivity index (χ0) is 10.0. The minimum atomic E-state index is -0.000972. The Balaban J connectivity index is 2.73. The van der Waals surface area contributed by atoms with E-state index in [1.165, 1.54) is 0 Å². The topological polar surface area (TPSA) is 32.3 Å². The van der Waals surface area contributed by atoms with Gasteiger partial charge in [-0.05, 0) is 26.7 Å². The van der Waals surface area contributed by atoms with Crippen LogP contribution in [-0.4, -0.2) is 29.1 Å². The lowest BCUT2D eigenvalue weighted by Gasteiger charge is -2.28. The molecule has 1 aliphatic heterocycles. The van der Waals surface area contributed by atoms with Crippen LogP contribution in [0.3, 0.4) is 0 Å². The number of rotatable bonds is 3. The summed E-state index contributed by atoms with van der Waals surface area (Å²) in [4.78, 5) is 13.7. The molecule has 3 atom stereocenters. The molecule has 13 heavy (non-hydrogen) atoms. The van der Waals surface area contributed by atoms with Crippen molar-refractivity contribution in [3.8, 4) is 0 Å². The summed E-state index contributed by atoms with van der Waals surface area (Å²) in [6.07, 6.45) is 2.26. The van der Waals surface area contributed by atoms with Crippen LogP contribution < -0.4 is 5.32 Å². The first-order valence-electron chi connectivity index (χ1n) is 5.20. The molecule has 0 aromatic carbocycles. The summed E-state index contributed by atoms with van der Waals surface area (Å²) >= 11 is 0. The van der Waals surface area contributed by atoms with Crippen molar-refractivity contribution in [1.29, 1.82) is 0 Å². The Morgan fingerprint density at radius 3 is 2.62 bits per heavy atom. The fraction of sp³-hybridized carbons (Fsp3) is 0.900. The van der Waals surface area contributed by atoms with E-state index in [9.17, 15) is 4.79 Å². The summed E-state index contributed by atoms with van der Waals surface area (Å²) in [6, 6.07) is 0.355. The standard InChI is InChI=1S/C10H20N2O/c1-5-7(3)12-9(6-2)11-8(4)10(12)13/h7-9,11H,5-6H2,1-4H3. The highest BCUT2D eigenvalue weighted by Crippen LogP contribution is 2.18. The van der Waals surface area contributed by atoms with Crippen LogP contribution in [0.25, 0.3) is 0 Å². The molecular weight excluding hydrogens is 164 g/mol. The van der Waals surface area contributed by atoms with Gasteiger partial charge in [-0.25, -0.2) is 0 Å². The second-order valence-corrected chi connectivity index (χ2v) is 3.82. The molecule has 1 amide bonds. The molecule has 76 valence electrons. The molecule has 1 heterocycles. The zero-order valence-electron chi connectivity index (χ0n) is 9.00. The maximum absolute atomic E-state index is 11.7. The van der Waals surface area contributed by atoms with Gasteiger partial charge < -0.3 is 4.90 Å². The van der Waals surface area contributed by atoms with Gasteiger partial charge in [-0.3, -0.25) is 10.1 Å². The molecule has 0 saturated carbocycles. The highest BCUT2D eigenvalue weighted by atomic mass is 16.2. The van der Waals surface area contributed by atoms with Crippen LogP contribution in [0.2, 0.25) is 0 Å². The molecule has 1 rings (SSSR count). The normalized spacial score (nSPS) is 31.1. The van der Waals surface area contributed by atoms with E-state index in [-0.39, 0.29) is 18.1 Å². The van der Waals surface area contributed by atoms with E-state index < -0.39 is 0 Å². The van der Waals surface area contributed by atoms with E-state index in [1.807, 2.05) is 11.8 Å². The predicted molar refractivity (Wildman–Crippen MR) is 53.3 cm³/mol. The molecule has 1 saturated heterocycles. The molecule has 0 aliphatic carbocycles. The molecule has 3 unspecified atom stereocenters. The van der Waals surface area contributed by atoms with Crippen LogP contribution in [0.1, 0.15) is 40.5 Å². The van der Waals surface area contributed by atoms with Gasteiger partial charge in [0.05, 0.1) is 12.2 Å². The molecule has 0 aromatic rings. The van der Waals surface area contributed by atoms with E-state index in [0.717, 1.165) is 12.8 Å². The largest absolute Gasteiger partial charge is 0.323 e. The second-order valence-electron chi connectivity index (χ2n) is 3.82. The fourth-order valence-corrected chi connectivity index (χ4v) is 1.85. The summed E-state index contributed by atoms with van der Waals surface area (Å²) in [5.41, 5.74) is 0. The lowest BCUT2D eigenvalue weighted by Crippen LogP contribution is -2.42. The number of carbonyl (C=O) groups excluding carboxylic acids is 1. The minimum Gasteiger partial charge on any atom is -0.323 e. The third-order valence-corrected chi connectivity index (χ3v) is 2.86. The maximum Gasteiger partial charge on any atom is 0.240 e. The average Bonchev–Trinajstić information content (AvgIpc) is 2.42. The molecular formula is C10H20N2O. The van der Waals surface area contributed by atoms with Crippen LogP contribution in [-0.2, 0) is 4.79 Å². The van der Waals surface area contributed by atoms with Crippen molar-refractivity contribution >= 4 is 5.91 Å². The van der Waals surface area contributed by atoms with Gasteiger partial charge in [0.1, 0.15) is 0 Å². The smallest absolute Gasteiger partial charge is 0.240 e. The Bertz CT molecular complexity index is 193. The Kier molecular flexibility index (Phi) is 3.31. The van der Waals surface area contributed by atoms with Crippen molar-refractivity contribution in [3.05, 3.63) is 0 Å². The first-order chi connectivity index (χ1) is 6.11. The van der Waals surface area contributed by atoms with Crippen molar-refractivity contribution in [2.75, 3.05) is 0 Å². The van der Waals surface area contributed by atoms with Gasteiger partial charge in [0.2, 0.25) is 5.91 Å². The third kappa shape index (κ3) is 1.85. The zero-order valence-corrected chi connectivity index (χ0v) is 9.00. The first kappa shape index (κ1) is 10.5. The number of nitrogens with one attached hydrogen (secondary N) is 1. The van der Waals surface area contributed by atoms with Crippen LogP contribution >= 0.6 is 0 Å². The first-order valence-corrected chi connectivity index (χ1v) is 5.20. The molecule has 1 fully saturated rings. The Hall–Kier alpha value is -0.570. The lowest BCUT2D eigenvalue weighted by atomic mass is 10.2. The quantitative estimate of drug-likeness (QED) is 0.718. The second kappa shape index (κ2) is 4.09. The summed E-state index contributed by atoms with van der Waals surface area (Å²) in [6.45, 7) is 8.28. The summed E-state index contributed by atoms with van der Waals surface area (Å²) in [5, 5.41) is 3.29. The van der Waals surface area contributed by atoms with Crippen molar-refractivity contribution < 1.29 is 4.79 Å². The lowest BCUT2D eigenvalue weighted by molar-refractivity contribution is -0.131. The monoisotopic (exact) mass is 184 g/mol. The Morgan fingerprint density at radius 2 is 2.15 bits per heavy atom. The minimum absolute atomic E-state index is 0.000972. The van der Waals surface area contributed by atoms with E-state index >= 15 is 0 Å². The van der Waals surface area contributed by atoms with Crippen LogP contribution in [0.15, 0.2) is 0 Å². The van der Waals surface area contributed by atoms with Gasteiger partial charge in [0.15, 0.2) is 0 Å². The highest BCUT2D eigenvalue weighted by molar-refractivity contribution is 5.84. The highest BCUT2D eigenvalue weighted by Gasteiger charge is 2.36. The fourth-order valence-electron chi connectivity index (χ4n) is 1.85. The predicted octanol–water partition coefficient (Wildman–Crippen LogP) is 1.34. The molecule has 0 bridgehead atoms. The maximum atomic E-state index is 11.7. The molecule has 0 spiro atoms. The summed E-state index contributed by atoms with van der Waals surface area (Å²) in [7, 11) is 0.